The number of sulfonamides is 1. The average molecular weight is 312 g/mol. The summed E-state index contributed by atoms with van der Waals surface area (Å²) in [5.74, 6) is 0.601. The number of aryl methyl sites for hydroxylation is 1. The van der Waals surface area contributed by atoms with Gasteiger partial charge in [0, 0.05) is 18.3 Å². The fraction of sp³-hybridized carbons (Fsp3) is 0.667. The smallest absolute Gasteiger partial charge is 0.212 e. The first-order chi connectivity index (χ1) is 9.95. The van der Waals surface area contributed by atoms with Crippen LogP contribution < -0.4 is 4.72 Å². The van der Waals surface area contributed by atoms with Crippen LogP contribution in [0.25, 0.3) is 0 Å². The van der Waals surface area contributed by atoms with Gasteiger partial charge in [0.05, 0.1) is 17.9 Å². The van der Waals surface area contributed by atoms with Gasteiger partial charge in [0.2, 0.25) is 10.0 Å². The number of aromatic nitrogens is 1. The van der Waals surface area contributed by atoms with E-state index in [1.165, 1.54) is 0 Å². The molecule has 1 aliphatic rings. The molecule has 1 aliphatic carbocycles. The Bertz CT molecular complexity index is 537. The summed E-state index contributed by atoms with van der Waals surface area (Å²) in [6.07, 6.45) is 5.34. The van der Waals surface area contributed by atoms with Crippen LogP contribution in [-0.4, -0.2) is 36.4 Å². The van der Waals surface area contributed by atoms with Gasteiger partial charge >= 0.3 is 0 Å². The Morgan fingerprint density at radius 3 is 2.67 bits per heavy atom. The first-order valence-corrected chi connectivity index (χ1v) is 9.12. The molecule has 1 fully saturated rings. The standard InChI is InChI=1S/C15H24N2O3S/c1-13-5-8-15(12-18,9-6-13)17-21(19,20)11-7-14-4-2-3-10-16-14/h2-4,10,13,17-18H,5-9,11-12H2,1H3. The lowest BCUT2D eigenvalue weighted by molar-refractivity contribution is 0.125. The molecule has 0 amide bonds. The summed E-state index contributed by atoms with van der Waals surface area (Å²) in [5.41, 5.74) is 0.0910. The van der Waals surface area contributed by atoms with Crippen LogP contribution in [0.2, 0.25) is 0 Å². The summed E-state index contributed by atoms with van der Waals surface area (Å²) in [4.78, 5) is 4.13. The third-order valence-electron chi connectivity index (χ3n) is 4.26. The summed E-state index contributed by atoms with van der Waals surface area (Å²) in [6.45, 7) is 2.03. The number of hydrogen-bond acceptors (Lipinski definition) is 4. The molecule has 118 valence electrons. The van der Waals surface area contributed by atoms with E-state index in [0.717, 1.165) is 18.5 Å². The Morgan fingerprint density at radius 1 is 1.38 bits per heavy atom. The van der Waals surface area contributed by atoms with Crippen molar-refractivity contribution in [3.63, 3.8) is 0 Å². The van der Waals surface area contributed by atoms with Crippen LogP contribution in [0.5, 0.6) is 0 Å². The van der Waals surface area contributed by atoms with E-state index >= 15 is 0 Å². The zero-order valence-corrected chi connectivity index (χ0v) is 13.3. The van der Waals surface area contributed by atoms with Crippen molar-refractivity contribution in [2.75, 3.05) is 12.4 Å². The van der Waals surface area contributed by atoms with Crippen molar-refractivity contribution in [1.29, 1.82) is 0 Å². The summed E-state index contributed by atoms with van der Waals surface area (Å²) >= 11 is 0. The van der Waals surface area contributed by atoms with Gasteiger partial charge in [-0.1, -0.05) is 13.0 Å². The highest BCUT2D eigenvalue weighted by Crippen LogP contribution is 2.32. The molecular weight excluding hydrogens is 288 g/mol. The quantitative estimate of drug-likeness (QED) is 0.834. The van der Waals surface area contributed by atoms with E-state index in [1.807, 2.05) is 12.1 Å². The zero-order valence-electron chi connectivity index (χ0n) is 12.5. The number of aliphatic hydroxyl groups is 1. The predicted molar refractivity (Wildman–Crippen MR) is 82.3 cm³/mol. The second-order valence-corrected chi connectivity index (χ2v) is 7.95. The van der Waals surface area contributed by atoms with E-state index < -0.39 is 15.6 Å². The molecule has 0 atom stereocenters. The van der Waals surface area contributed by atoms with Crippen LogP contribution in [0.15, 0.2) is 24.4 Å². The average Bonchev–Trinajstić information content (AvgIpc) is 2.49. The van der Waals surface area contributed by atoms with Crippen molar-refractivity contribution in [2.45, 2.75) is 44.6 Å². The predicted octanol–water partition coefficient (Wildman–Crippen LogP) is 1.48. The van der Waals surface area contributed by atoms with E-state index in [2.05, 4.69) is 16.6 Å². The third-order valence-corrected chi connectivity index (χ3v) is 5.74. The van der Waals surface area contributed by atoms with E-state index in [4.69, 9.17) is 0 Å². The molecule has 0 bridgehead atoms. The van der Waals surface area contributed by atoms with Crippen molar-refractivity contribution in [1.82, 2.24) is 9.71 Å². The number of nitrogens with zero attached hydrogens (tertiary/aromatic N) is 1. The first-order valence-electron chi connectivity index (χ1n) is 7.47. The van der Waals surface area contributed by atoms with E-state index in [9.17, 15) is 13.5 Å². The fourth-order valence-electron chi connectivity index (χ4n) is 2.77. The molecule has 1 aromatic rings. The number of aliphatic hydroxyl groups excluding tert-OH is 1. The van der Waals surface area contributed by atoms with Crippen LogP contribution in [0.1, 0.15) is 38.3 Å². The molecule has 0 unspecified atom stereocenters. The number of hydrogen-bond donors (Lipinski definition) is 2. The van der Waals surface area contributed by atoms with Crippen LogP contribution in [0.4, 0.5) is 0 Å². The Labute approximate surface area is 126 Å². The van der Waals surface area contributed by atoms with Gasteiger partial charge in [-0.15, -0.1) is 0 Å². The molecular formula is C15H24N2O3S. The molecule has 21 heavy (non-hydrogen) atoms. The molecule has 6 heteroatoms. The Balaban J connectivity index is 1.96. The number of rotatable bonds is 6. The molecule has 5 nitrogen and oxygen atoms in total. The Hall–Kier alpha value is -0.980. The molecule has 1 saturated carbocycles. The first kappa shape index (κ1) is 16.4. The molecule has 1 aromatic heterocycles. The summed E-state index contributed by atoms with van der Waals surface area (Å²) in [5, 5.41) is 9.64. The van der Waals surface area contributed by atoms with Crippen LogP contribution >= 0.6 is 0 Å². The topological polar surface area (TPSA) is 79.3 Å². The van der Waals surface area contributed by atoms with Crippen molar-refractivity contribution < 1.29 is 13.5 Å². The minimum absolute atomic E-state index is 0.00131. The molecule has 0 radical (unpaired) electrons. The lowest BCUT2D eigenvalue weighted by Gasteiger charge is -2.38. The zero-order chi connectivity index (χ0) is 15.3. The molecule has 2 N–H and O–H groups in total. The molecule has 0 saturated heterocycles. The lowest BCUT2D eigenvalue weighted by Crippen LogP contribution is -2.53. The number of pyridine rings is 1. The molecule has 2 rings (SSSR count). The molecule has 1 heterocycles. The highest BCUT2D eigenvalue weighted by molar-refractivity contribution is 7.89. The highest BCUT2D eigenvalue weighted by atomic mass is 32.2. The van der Waals surface area contributed by atoms with Gasteiger partial charge in [0.25, 0.3) is 0 Å². The Morgan fingerprint density at radius 2 is 2.10 bits per heavy atom. The fourth-order valence-corrected chi connectivity index (χ4v) is 4.28. The van der Waals surface area contributed by atoms with E-state index in [-0.39, 0.29) is 12.4 Å². The van der Waals surface area contributed by atoms with Crippen LogP contribution in [0, 0.1) is 5.92 Å². The highest BCUT2D eigenvalue weighted by Gasteiger charge is 2.36. The van der Waals surface area contributed by atoms with E-state index in [0.29, 0.717) is 25.2 Å². The number of nitrogens with one attached hydrogen (secondary N) is 1. The van der Waals surface area contributed by atoms with Crippen LogP contribution in [0.3, 0.4) is 0 Å². The van der Waals surface area contributed by atoms with Gasteiger partial charge in [-0.25, -0.2) is 13.1 Å². The van der Waals surface area contributed by atoms with Crippen molar-refractivity contribution in [2.24, 2.45) is 5.92 Å². The second-order valence-electron chi connectivity index (χ2n) is 6.11. The maximum atomic E-state index is 12.3. The summed E-state index contributed by atoms with van der Waals surface area (Å²) in [6, 6.07) is 5.47. The van der Waals surface area contributed by atoms with E-state index in [1.54, 1.807) is 12.3 Å². The lowest BCUT2D eigenvalue weighted by atomic mass is 9.78. The van der Waals surface area contributed by atoms with Crippen molar-refractivity contribution in [3.05, 3.63) is 30.1 Å². The Kier molecular flexibility index (Phi) is 5.35. The van der Waals surface area contributed by atoms with Crippen molar-refractivity contribution >= 4 is 10.0 Å². The van der Waals surface area contributed by atoms with Gasteiger partial charge in [-0.3, -0.25) is 4.98 Å². The van der Waals surface area contributed by atoms with Gasteiger partial charge in [0.1, 0.15) is 0 Å². The van der Waals surface area contributed by atoms with Gasteiger partial charge in [-0.2, -0.15) is 0 Å². The van der Waals surface area contributed by atoms with Crippen molar-refractivity contribution in [3.8, 4) is 0 Å². The maximum Gasteiger partial charge on any atom is 0.212 e. The van der Waals surface area contributed by atoms with Gasteiger partial charge in [-0.05, 0) is 43.7 Å². The molecule has 0 spiro atoms. The minimum atomic E-state index is -3.42. The third kappa shape index (κ3) is 4.76. The maximum absolute atomic E-state index is 12.3. The second kappa shape index (κ2) is 6.85. The van der Waals surface area contributed by atoms with Gasteiger partial charge in [0.15, 0.2) is 0 Å². The SMILES string of the molecule is CC1CCC(CO)(NS(=O)(=O)CCc2ccccn2)CC1. The summed E-state index contributed by atoms with van der Waals surface area (Å²) in [7, 11) is -3.42. The summed E-state index contributed by atoms with van der Waals surface area (Å²) < 4.78 is 27.3. The van der Waals surface area contributed by atoms with Crippen LogP contribution in [-0.2, 0) is 16.4 Å². The largest absolute Gasteiger partial charge is 0.394 e. The molecule has 0 aromatic carbocycles. The molecule has 0 aliphatic heterocycles. The normalized spacial score (nSPS) is 26.7. The minimum Gasteiger partial charge on any atom is -0.394 e. The monoisotopic (exact) mass is 312 g/mol. The van der Waals surface area contributed by atoms with Gasteiger partial charge < -0.3 is 5.11 Å².